The summed E-state index contributed by atoms with van der Waals surface area (Å²) < 4.78 is 22.0. The van der Waals surface area contributed by atoms with E-state index in [4.69, 9.17) is 18.9 Å². The molecule has 2 atom stereocenters. The third-order valence-electron chi connectivity index (χ3n) is 7.96. The Morgan fingerprint density at radius 1 is 1.06 bits per heavy atom. The number of thiazole rings is 1. The van der Waals surface area contributed by atoms with E-state index in [1.807, 2.05) is 26.2 Å². The van der Waals surface area contributed by atoms with Gasteiger partial charge in [-0.2, -0.15) is 11.8 Å². The summed E-state index contributed by atoms with van der Waals surface area (Å²) in [5.41, 5.74) is 2.91. The zero-order valence-corrected chi connectivity index (χ0v) is 30.0. The molecule has 0 aliphatic heterocycles. The molecule has 0 saturated carbocycles. The molecule has 2 amide bonds. The van der Waals surface area contributed by atoms with Crippen LogP contribution in [0.2, 0.25) is 0 Å². The van der Waals surface area contributed by atoms with Gasteiger partial charge in [-0.05, 0) is 72.1 Å². The molecular formula is C34H42N4O8S2. The second-order valence-corrected chi connectivity index (χ2v) is 13.5. The first-order valence-corrected chi connectivity index (χ1v) is 17.6. The van der Waals surface area contributed by atoms with Gasteiger partial charge in [0.25, 0.3) is 0 Å². The Hall–Kier alpha value is -4.30. The van der Waals surface area contributed by atoms with E-state index in [0.717, 1.165) is 11.1 Å². The summed E-state index contributed by atoms with van der Waals surface area (Å²) in [6, 6.07) is 5.56. The molecule has 1 heterocycles. The average Bonchev–Trinajstić information content (AvgIpc) is 3.35. The minimum absolute atomic E-state index is 0.0126. The Labute approximate surface area is 288 Å². The largest absolute Gasteiger partial charge is 0.493 e. The standard InChI is InChI=1S/C34H42N4O8S2/c1-17(2)31-28(33(42)46-7)37-34(48-31)38-32(41)24(13-14-47-8)36-23-12-10-20-21(16-25(23)40)22(35-18(3)39)11-9-19-15-26(43-4)29(44-5)30(45-6)27(19)20/h10,12,15-17,22,24H,9,11,13-14H2,1-8H3,(H,35,39)(H,36,40)(H,37,38,41)/t22-,24-/m1/s1. The molecule has 1 aliphatic rings. The van der Waals surface area contributed by atoms with Crippen LogP contribution in [-0.2, 0) is 20.7 Å². The number of hydrogen-bond acceptors (Lipinski definition) is 12. The number of aryl methyl sites for hydroxylation is 1. The van der Waals surface area contributed by atoms with Crippen molar-refractivity contribution < 1.29 is 33.3 Å². The van der Waals surface area contributed by atoms with Crippen molar-refractivity contribution in [3.63, 3.8) is 0 Å². The van der Waals surface area contributed by atoms with Crippen LogP contribution < -0.4 is 35.6 Å². The molecule has 0 saturated heterocycles. The number of esters is 1. The van der Waals surface area contributed by atoms with E-state index in [0.29, 0.717) is 58.3 Å². The van der Waals surface area contributed by atoms with Gasteiger partial charge in [0, 0.05) is 17.4 Å². The average molecular weight is 699 g/mol. The van der Waals surface area contributed by atoms with Gasteiger partial charge in [0.1, 0.15) is 6.04 Å². The van der Waals surface area contributed by atoms with Crippen LogP contribution in [0.4, 0.5) is 10.8 Å². The maximum Gasteiger partial charge on any atom is 0.357 e. The first-order chi connectivity index (χ1) is 23.0. The number of fused-ring (bicyclic) bond motifs is 3. The lowest BCUT2D eigenvalue weighted by molar-refractivity contribution is -0.120. The molecule has 2 aromatic carbocycles. The Balaban J connectivity index is 1.80. The summed E-state index contributed by atoms with van der Waals surface area (Å²) in [5.74, 6) is 0.753. The zero-order chi connectivity index (χ0) is 35.1. The van der Waals surface area contributed by atoms with Crippen LogP contribution in [0.25, 0.3) is 11.1 Å². The maximum absolute atomic E-state index is 13.9. The van der Waals surface area contributed by atoms with E-state index in [-0.39, 0.29) is 33.8 Å². The fourth-order valence-electron chi connectivity index (χ4n) is 5.73. The molecule has 0 radical (unpaired) electrons. The molecule has 48 heavy (non-hydrogen) atoms. The van der Waals surface area contributed by atoms with Crippen molar-refractivity contribution in [2.24, 2.45) is 0 Å². The summed E-state index contributed by atoms with van der Waals surface area (Å²) in [4.78, 5) is 57.3. The molecule has 258 valence electrons. The van der Waals surface area contributed by atoms with Crippen molar-refractivity contribution in [1.29, 1.82) is 0 Å². The number of anilines is 2. The van der Waals surface area contributed by atoms with E-state index in [1.165, 1.54) is 45.7 Å². The minimum atomic E-state index is -0.808. The van der Waals surface area contributed by atoms with Crippen LogP contribution in [0.3, 0.4) is 0 Å². The summed E-state index contributed by atoms with van der Waals surface area (Å²) in [7, 11) is 5.90. The quantitative estimate of drug-likeness (QED) is 0.197. The van der Waals surface area contributed by atoms with E-state index >= 15 is 0 Å². The summed E-state index contributed by atoms with van der Waals surface area (Å²) in [6.07, 6.45) is 3.42. The highest BCUT2D eigenvalue weighted by atomic mass is 32.2. The number of nitrogens with zero attached hydrogens (tertiary/aromatic N) is 1. The number of nitrogens with one attached hydrogen (secondary N) is 3. The molecule has 1 aliphatic carbocycles. The highest BCUT2D eigenvalue weighted by molar-refractivity contribution is 7.98. The normalized spacial score (nSPS) is 14.1. The van der Waals surface area contributed by atoms with Gasteiger partial charge in [-0.3, -0.25) is 14.4 Å². The van der Waals surface area contributed by atoms with Gasteiger partial charge in [-0.1, -0.05) is 19.9 Å². The lowest BCUT2D eigenvalue weighted by atomic mass is 9.95. The zero-order valence-electron chi connectivity index (χ0n) is 28.4. The van der Waals surface area contributed by atoms with E-state index in [9.17, 15) is 19.2 Å². The summed E-state index contributed by atoms with van der Waals surface area (Å²) >= 11 is 2.78. The van der Waals surface area contributed by atoms with Crippen molar-refractivity contribution in [1.82, 2.24) is 10.3 Å². The number of rotatable bonds is 13. The van der Waals surface area contributed by atoms with Crippen molar-refractivity contribution >= 4 is 51.7 Å². The van der Waals surface area contributed by atoms with Crippen molar-refractivity contribution in [3.8, 4) is 28.4 Å². The fourth-order valence-corrected chi connectivity index (χ4v) is 7.16. The fraction of sp³-hybridized carbons (Fsp3) is 0.441. The lowest BCUT2D eigenvalue weighted by Gasteiger charge is -2.19. The number of amides is 2. The molecule has 3 N–H and O–H groups in total. The number of aromatic nitrogens is 1. The third kappa shape index (κ3) is 7.87. The van der Waals surface area contributed by atoms with Gasteiger partial charge in [-0.25, -0.2) is 9.78 Å². The van der Waals surface area contributed by atoms with Crippen molar-refractivity contribution in [3.05, 3.63) is 56.2 Å². The molecule has 0 spiro atoms. The van der Waals surface area contributed by atoms with Crippen molar-refractivity contribution in [2.45, 2.75) is 58.0 Å². The van der Waals surface area contributed by atoms with Crippen LogP contribution in [0.15, 0.2) is 29.1 Å². The SMILES string of the molecule is COC(=O)c1nc(NC(=O)[C@@H](CCSC)Nc2ccc3c(cc2=O)[C@H](NC(C)=O)CCc2cc(OC)c(OC)c(OC)c2-3)sc1C(C)C. The molecule has 0 fully saturated rings. The van der Waals surface area contributed by atoms with E-state index in [2.05, 4.69) is 20.9 Å². The summed E-state index contributed by atoms with van der Waals surface area (Å²) in [6.45, 7) is 5.30. The molecule has 12 nitrogen and oxygen atoms in total. The van der Waals surface area contributed by atoms with E-state index < -0.39 is 24.0 Å². The van der Waals surface area contributed by atoms with Gasteiger partial charge in [0.15, 0.2) is 22.3 Å². The maximum atomic E-state index is 13.9. The lowest BCUT2D eigenvalue weighted by Crippen LogP contribution is -2.36. The number of thioether (sulfide) groups is 1. The van der Waals surface area contributed by atoms with Gasteiger partial charge >= 0.3 is 5.97 Å². The summed E-state index contributed by atoms with van der Waals surface area (Å²) in [5, 5.41) is 9.27. The Bertz CT molecular complexity index is 1740. The van der Waals surface area contributed by atoms with Crippen LogP contribution in [0.1, 0.15) is 72.1 Å². The first-order valence-electron chi connectivity index (χ1n) is 15.4. The van der Waals surface area contributed by atoms with Crippen molar-refractivity contribution in [2.75, 3.05) is 51.1 Å². The second-order valence-electron chi connectivity index (χ2n) is 11.4. The number of hydrogen-bond donors (Lipinski definition) is 3. The minimum Gasteiger partial charge on any atom is -0.493 e. The van der Waals surface area contributed by atoms with Gasteiger partial charge in [0.2, 0.25) is 23.0 Å². The van der Waals surface area contributed by atoms with Crippen LogP contribution in [0, 0.1) is 0 Å². The highest BCUT2D eigenvalue weighted by Gasteiger charge is 2.30. The monoisotopic (exact) mass is 698 g/mol. The highest BCUT2D eigenvalue weighted by Crippen LogP contribution is 2.50. The number of ether oxygens (including phenoxy) is 4. The molecule has 1 aromatic heterocycles. The molecule has 3 aromatic rings. The first kappa shape index (κ1) is 36.5. The van der Waals surface area contributed by atoms with E-state index in [1.54, 1.807) is 31.0 Å². The number of benzene rings is 1. The molecule has 0 bridgehead atoms. The molecule has 14 heteroatoms. The van der Waals surface area contributed by atoms with Gasteiger partial charge in [-0.15, -0.1) is 11.3 Å². The molecule has 0 unspecified atom stereocenters. The topological polar surface area (TPSA) is 154 Å². The van der Waals surface area contributed by atoms with Gasteiger partial charge < -0.3 is 34.9 Å². The third-order valence-corrected chi connectivity index (χ3v) is 9.87. The Morgan fingerprint density at radius 2 is 1.79 bits per heavy atom. The second kappa shape index (κ2) is 16.2. The Morgan fingerprint density at radius 3 is 2.40 bits per heavy atom. The van der Waals surface area contributed by atoms with Gasteiger partial charge in [0.05, 0.1) is 40.2 Å². The van der Waals surface area contributed by atoms with Crippen LogP contribution >= 0.6 is 23.1 Å². The predicted molar refractivity (Wildman–Crippen MR) is 189 cm³/mol. The number of methoxy groups -OCH3 is 4. The Kier molecular flexibility index (Phi) is 12.3. The molecular weight excluding hydrogens is 657 g/mol. The molecule has 4 rings (SSSR count). The number of carbonyl (C=O) groups excluding carboxylic acids is 3. The van der Waals surface area contributed by atoms with Crippen LogP contribution in [-0.4, -0.2) is 69.3 Å². The smallest absolute Gasteiger partial charge is 0.357 e. The number of carbonyl (C=O) groups is 3. The van der Waals surface area contributed by atoms with Crippen LogP contribution in [0.5, 0.6) is 17.2 Å². The predicted octanol–water partition coefficient (Wildman–Crippen LogP) is 5.40.